The summed E-state index contributed by atoms with van der Waals surface area (Å²) >= 11 is 0. The van der Waals surface area contributed by atoms with Crippen molar-refractivity contribution < 1.29 is 9.63 Å². The number of nitrogens with one attached hydrogen (secondary N) is 3. The maximum Gasteiger partial charge on any atom is 0.225 e. The van der Waals surface area contributed by atoms with Crippen LogP contribution in [0.2, 0.25) is 0 Å². The number of aryl methyl sites for hydroxylation is 1. The second-order valence-electron chi connectivity index (χ2n) is 14.9. The molecule has 2 heterocycles. The molecule has 4 fully saturated rings. The van der Waals surface area contributed by atoms with Gasteiger partial charge in [0.25, 0.3) is 0 Å². The molecule has 0 radical (unpaired) electrons. The third kappa shape index (κ3) is 7.18. The summed E-state index contributed by atoms with van der Waals surface area (Å²) in [5, 5.41) is 7.28. The first-order chi connectivity index (χ1) is 21.1. The number of amides is 1. The van der Waals surface area contributed by atoms with Gasteiger partial charge in [-0.3, -0.25) is 14.5 Å². The lowest BCUT2D eigenvalue weighted by molar-refractivity contribution is -0.132. The summed E-state index contributed by atoms with van der Waals surface area (Å²) in [6.45, 7) is 5.39. The molecule has 43 heavy (non-hydrogen) atoms. The smallest absolute Gasteiger partial charge is 0.225 e. The molecule has 1 aromatic carbocycles. The highest BCUT2D eigenvalue weighted by Gasteiger charge is 2.46. The van der Waals surface area contributed by atoms with Gasteiger partial charge < -0.3 is 10.6 Å². The van der Waals surface area contributed by atoms with E-state index in [1.54, 1.807) is 0 Å². The van der Waals surface area contributed by atoms with E-state index in [-0.39, 0.29) is 29.8 Å². The fourth-order valence-corrected chi connectivity index (χ4v) is 9.62. The van der Waals surface area contributed by atoms with Crippen molar-refractivity contribution in [3.05, 3.63) is 34.9 Å². The number of carbonyl (C=O) groups excluding carboxylic acids is 1. The summed E-state index contributed by atoms with van der Waals surface area (Å²) in [4.78, 5) is 22.9. The fraction of sp³-hybridized carbons (Fsp3) is 0.811. The minimum absolute atomic E-state index is 0.0810. The molecular formula is C37H60N4O2. The van der Waals surface area contributed by atoms with Gasteiger partial charge in [-0.05, 0) is 80.4 Å². The van der Waals surface area contributed by atoms with Crippen LogP contribution in [-0.4, -0.2) is 35.7 Å². The topological polar surface area (TPSA) is 65.6 Å². The lowest BCUT2D eigenvalue weighted by Crippen LogP contribution is -2.55. The van der Waals surface area contributed by atoms with E-state index in [2.05, 4.69) is 53.1 Å². The van der Waals surface area contributed by atoms with Crippen LogP contribution in [0.3, 0.4) is 0 Å². The summed E-state index contributed by atoms with van der Waals surface area (Å²) in [5.41, 5.74) is 7.67. The van der Waals surface area contributed by atoms with Crippen LogP contribution in [0.25, 0.3) is 0 Å². The number of piperidine rings is 1. The number of fused-ring (bicyclic) bond motifs is 1. The van der Waals surface area contributed by atoms with Gasteiger partial charge in [0.1, 0.15) is 12.4 Å². The highest BCUT2D eigenvalue weighted by atomic mass is 16.7. The Bertz CT molecular complexity index is 1040. The van der Waals surface area contributed by atoms with Gasteiger partial charge in [-0.1, -0.05) is 102 Å². The number of hydroxylamine groups is 1. The average Bonchev–Trinajstić information content (AvgIpc) is 3.66. The summed E-state index contributed by atoms with van der Waals surface area (Å²) in [6.07, 6.45) is 25.5. The minimum atomic E-state index is 0.0810. The van der Waals surface area contributed by atoms with Crippen molar-refractivity contribution >= 4 is 5.91 Å². The zero-order valence-electron chi connectivity index (χ0n) is 27.3. The van der Waals surface area contributed by atoms with Crippen LogP contribution < -0.4 is 16.1 Å². The van der Waals surface area contributed by atoms with Gasteiger partial charge in [-0.25, -0.2) is 0 Å². The summed E-state index contributed by atoms with van der Waals surface area (Å²) in [5.74, 6) is 0.376. The van der Waals surface area contributed by atoms with Crippen molar-refractivity contribution in [3.63, 3.8) is 0 Å². The zero-order valence-corrected chi connectivity index (χ0v) is 27.3. The van der Waals surface area contributed by atoms with Crippen LogP contribution in [0.4, 0.5) is 0 Å². The normalized spacial score (nSPS) is 33.0. The second kappa shape index (κ2) is 14.7. The molecule has 6 rings (SSSR count). The van der Waals surface area contributed by atoms with E-state index in [9.17, 15) is 4.79 Å². The fourth-order valence-electron chi connectivity index (χ4n) is 9.62. The molecule has 6 heteroatoms. The number of nitrogens with zero attached hydrogens (tertiary/aromatic N) is 1. The number of hydrogen-bond acceptors (Lipinski definition) is 5. The highest BCUT2D eigenvalue weighted by Crippen LogP contribution is 2.47. The van der Waals surface area contributed by atoms with E-state index in [0.29, 0.717) is 18.0 Å². The molecule has 1 aromatic rings. The molecule has 5 aliphatic rings. The van der Waals surface area contributed by atoms with Crippen molar-refractivity contribution in [2.75, 3.05) is 6.54 Å². The van der Waals surface area contributed by atoms with Crippen molar-refractivity contribution in [2.24, 2.45) is 11.3 Å². The molecule has 0 aromatic heterocycles. The Hall–Kier alpha value is -1.47. The minimum Gasteiger partial charge on any atom is -0.349 e. The molecule has 5 atom stereocenters. The van der Waals surface area contributed by atoms with Crippen LogP contribution in [0.5, 0.6) is 0 Å². The van der Waals surface area contributed by atoms with Gasteiger partial charge in [0.15, 0.2) is 0 Å². The SMILES string of the molecule is CCC1ONC(c2ccc3c(c2)CC[C@H]3NC(=O)C2CNC(C)CC23CCCCCCCC3)N1C1CCCCCCCC1. The Kier molecular flexibility index (Phi) is 10.8. The maximum absolute atomic E-state index is 14.1. The van der Waals surface area contributed by atoms with Gasteiger partial charge >= 0.3 is 0 Å². The molecule has 4 unspecified atom stereocenters. The largest absolute Gasteiger partial charge is 0.349 e. The Morgan fingerprint density at radius 3 is 2.33 bits per heavy atom. The first kappa shape index (κ1) is 31.5. The van der Waals surface area contributed by atoms with Crippen molar-refractivity contribution in [1.82, 2.24) is 21.0 Å². The van der Waals surface area contributed by atoms with E-state index in [1.807, 2.05) is 0 Å². The second-order valence-corrected chi connectivity index (χ2v) is 14.9. The molecule has 1 spiro atoms. The highest BCUT2D eigenvalue weighted by molar-refractivity contribution is 5.80. The molecule has 0 bridgehead atoms. The summed E-state index contributed by atoms with van der Waals surface area (Å²) in [6, 6.07) is 8.26. The Morgan fingerprint density at radius 2 is 1.63 bits per heavy atom. The number of carbonyl (C=O) groups is 1. The molecular weight excluding hydrogens is 532 g/mol. The van der Waals surface area contributed by atoms with E-state index >= 15 is 0 Å². The van der Waals surface area contributed by atoms with Crippen LogP contribution >= 0.6 is 0 Å². The Balaban J connectivity index is 1.16. The number of hydrogen-bond donors (Lipinski definition) is 3. The molecule has 2 saturated carbocycles. The third-order valence-corrected chi connectivity index (χ3v) is 12.0. The van der Waals surface area contributed by atoms with Crippen molar-refractivity contribution in [3.8, 4) is 0 Å². The predicted molar refractivity (Wildman–Crippen MR) is 174 cm³/mol. The summed E-state index contributed by atoms with van der Waals surface area (Å²) in [7, 11) is 0. The van der Waals surface area contributed by atoms with Gasteiger partial charge in [-0.2, -0.15) is 5.48 Å². The number of rotatable bonds is 5. The molecule has 6 nitrogen and oxygen atoms in total. The molecule has 3 N–H and O–H groups in total. The van der Waals surface area contributed by atoms with Crippen LogP contribution in [0, 0.1) is 11.3 Å². The van der Waals surface area contributed by atoms with Crippen LogP contribution in [0.1, 0.15) is 165 Å². The standard InChI is InChI=1S/C37H60N4O2/c1-3-34-41(30-16-12-8-4-5-9-13-17-30)35(40-43-34)29-18-20-31-28(24-29)19-21-33(31)39-36(42)32-26-38-27(2)25-37(32)22-14-10-6-7-11-15-23-37/h18,20,24,27,30,32-35,38,40H,3-17,19,21-23,25-26H2,1-2H3,(H,39,42)/t27?,32?,33-,34?,35?/m1/s1. The predicted octanol–water partition coefficient (Wildman–Crippen LogP) is 7.98. The average molecular weight is 593 g/mol. The van der Waals surface area contributed by atoms with Crippen LogP contribution in [0.15, 0.2) is 18.2 Å². The van der Waals surface area contributed by atoms with Gasteiger partial charge in [0, 0.05) is 18.6 Å². The van der Waals surface area contributed by atoms with E-state index in [1.165, 1.54) is 119 Å². The molecule has 240 valence electrons. The van der Waals surface area contributed by atoms with Crippen molar-refractivity contribution in [1.29, 1.82) is 0 Å². The van der Waals surface area contributed by atoms with E-state index < -0.39 is 0 Å². The van der Waals surface area contributed by atoms with E-state index in [4.69, 9.17) is 4.84 Å². The van der Waals surface area contributed by atoms with Gasteiger partial charge in [0.2, 0.25) is 5.91 Å². The monoisotopic (exact) mass is 592 g/mol. The van der Waals surface area contributed by atoms with Crippen LogP contribution in [-0.2, 0) is 16.1 Å². The Morgan fingerprint density at radius 1 is 0.953 bits per heavy atom. The first-order valence-electron chi connectivity index (χ1n) is 18.4. The lowest BCUT2D eigenvalue weighted by Gasteiger charge is -2.47. The van der Waals surface area contributed by atoms with E-state index in [0.717, 1.165) is 32.2 Å². The molecule has 2 aliphatic heterocycles. The number of benzene rings is 1. The first-order valence-corrected chi connectivity index (χ1v) is 18.4. The maximum atomic E-state index is 14.1. The van der Waals surface area contributed by atoms with Gasteiger partial charge in [0.05, 0.1) is 12.0 Å². The molecule has 1 amide bonds. The van der Waals surface area contributed by atoms with Gasteiger partial charge in [-0.15, -0.1) is 0 Å². The third-order valence-electron chi connectivity index (χ3n) is 12.0. The summed E-state index contributed by atoms with van der Waals surface area (Å²) < 4.78 is 0. The molecule has 3 aliphatic carbocycles. The lowest BCUT2D eigenvalue weighted by atomic mass is 9.63. The quantitative estimate of drug-likeness (QED) is 0.323. The van der Waals surface area contributed by atoms with Crippen molar-refractivity contribution in [2.45, 2.75) is 173 Å². The zero-order chi connectivity index (χ0) is 29.6. The Labute approximate surface area is 261 Å². The molecule has 2 saturated heterocycles.